The second-order valence-corrected chi connectivity index (χ2v) is 16.0. The molecule has 14 heteroatoms. The highest BCUT2D eigenvalue weighted by atomic mass is 16.5. The van der Waals surface area contributed by atoms with Gasteiger partial charge >= 0.3 is 11.9 Å². The van der Waals surface area contributed by atoms with Crippen molar-refractivity contribution >= 4 is 45.3 Å². The van der Waals surface area contributed by atoms with E-state index in [1.807, 2.05) is 72.8 Å². The Morgan fingerprint density at radius 1 is 0.500 bits per heavy atom. The molecule has 0 saturated heterocycles. The molecule has 0 aliphatic carbocycles. The van der Waals surface area contributed by atoms with Crippen LogP contribution in [0.4, 0.5) is 0 Å². The van der Waals surface area contributed by atoms with Gasteiger partial charge in [0.25, 0.3) is 0 Å². The van der Waals surface area contributed by atoms with Crippen molar-refractivity contribution in [2.45, 2.75) is 89.5 Å². The maximum Gasteiger partial charge on any atom is 0.329 e. The molecule has 0 radical (unpaired) electrons. The van der Waals surface area contributed by atoms with Crippen molar-refractivity contribution in [1.82, 2.24) is 20.6 Å². The van der Waals surface area contributed by atoms with Crippen molar-refractivity contribution in [1.29, 1.82) is 0 Å². The SMILES string of the molecule is [NH3+]CCCC[C@@H](NC(=O)CCCOc1ccc2ccccc2c1-c1c(OCCCC(=O)N[C@H](CCCC[NH3+])C(=O)OCc2ccccn2)ccc2ccccc12)C(=O)OCc1ccccn1. The van der Waals surface area contributed by atoms with Crippen molar-refractivity contribution in [3.05, 3.63) is 133 Å². The number of unbranched alkanes of at least 4 members (excludes halogenated alkanes) is 2. The Kier molecular flexibility index (Phi) is 19.2. The van der Waals surface area contributed by atoms with Gasteiger partial charge in [-0.05, 0) is 109 Å². The summed E-state index contributed by atoms with van der Waals surface area (Å²) in [6.07, 6.45) is 8.35. The van der Waals surface area contributed by atoms with Gasteiger partial charge in [-0.25, -0.2) is 9.59 Å². The van der Waals surface area contributed by atoms with Gasteiger partial charge < -0.3 is 41.0 Å². The van der Waals surface area contributed by atoms with E-state index in [0.717, 1.165) is 71.4 Å². The van der Waals surface area contributed by atoms with E-state index in [-0.39, 0.29) is 51.1 Å². The quantitative estimate of drug-likeness (QED) is 0.0348. The lowest BCUT2D eigenvalue weighted by atomic mass is 9.92. The summed E-state index contributed by atoms with van der Waals surface area (Å²) in [6.45, 7) is 1.98. The number of aromatic nitrogens is 2. The largest absolute Gasteiger partial charge is 0.493 e. The third kappa shape index (κ3) is 14.6. The zero-order chi connectivity index (χ0) is 46.4. The van der Waals surface area contributed by atoms with Crippen LogP contribution < -0.4 is 31.6 Å². The summed E-state index contributed by atoms with van der Waals surface area (Å²) in [5.41, 5.74) is 10.7. The molecule has 6 rings (SSSR count). The first-order chi connectivity index (χ1) is 32.3. The number of fused-ring (bicyclic) bond motifs is 2. The number of ether oxygens (including phenoxy) is 4. The van der Waals surface area contributed by atoms with E-state index in [1.165, 1.54) is 0 Å². The minimum Gasteiger partial charge on any atom is -0.493 e. The second-order valence-electron chi connectivity index (χ2n) is 16.0. The highest BCUT2D eigenvalue weighted by Gasteiger charge is 2.25. The van der Waals surface area contributed by atoms with Crippen molar-refractivity contribution in [2.24, 2.45) is 0 Å². The van der Waals surface area contributed by atoms with Crippen LogP contribution in [0.25, 0.3) is 32.7 Å². The average Bonchev–Trinajstić information content (AvgIpc) is 3.35. The molecule has 2 amide bonds. The van der Waals surface area contributed by atoms with E-state index in [9.17, 15) is 19.2 Å². The van der Waals surface area contributed by atoms with Gasteiger partial charge in [0, 0.05) is 36.4 Å². The Labute approximate surface area is 385 Å². The topological polar surface area (TPSA) is 210 Å². The molecule has 6 aromatic rings. The molecule has 2 atom stereocenters. The molecule has 346 valence electrons. The van der Waals surface area contributed by atoms with Gasteiger partial charge in [-0.2, -0.15) is 0 Å². The molecule has 66 heavy (non-hydrogen) atoms. The number of quaternary nitrogens is 2. The van der Waals surface area contributed by atoms with Gasteiger partial charge in [0.05, 0.1) is 37.7 Å². The number of nitrogens with zero attached hydrogens (tertiary/aromatic N) is 2. The molecule has 0 aliphatic rings. The molecular formula is C52H62N6O8+2. The van der Waals surface area contributed by atoms with Gasteiger partial charge in [0.1, 0.15) is 36.8 Å². The summed E-state index contributed by atoms with van der Waals surface area (Å²) in [7, 11) is 0. The molecular weight excluding hydrogens is 837 g/mol. The number of amides is 2. The van der Waals surface area contributed by atoms with Crippen LogP contribution in [0.3, 0.4) is 0 Å². The minimum atomic E-state index is -0.780. The molecule has 14 nitrogen and oxygen atoms in total. The smallest absolute Gasteiger partial charge is 0.329 e. The van der Waals surface area contributed by atoms with E-state index < -0.39 is 24.0 Å². The number of nitrogens with one attached hydrogen (secondary N) is 2. The summed E-state index contributed by atoms with van der Waals surface area (Å²) in [5.74, 6) is -0.278. The van der Waals surface area contributed by atoms with Crippen molar-refractivity contribution in [2.75, 3.05) is 26.3 Å². The van der Waals surface area contributed by atoms with Crippen LogP contribution in [0.1, 0.15) is 75.6 Å². The van der Waals surface area contributed by atoms with Gasteiger partial charge in [-0.15, -0.1) is 0 Å². The molecule has 0 bridgehead atoms. The Morgan fingerprint density at radius 3 is 1.33 bits per heavy atom. The maximum atomic E-state index is 13.2. The van der Waals surface area contributed by atoms with Crippen molar-refractivity contribution in [3.8, 4) is 22.6 Å². The van der Waals surface area contributed by atoms with Gasteiger partial charge in [-0.1, -0.05) is 72.8 Å². The predicted octanol–water partition coefficient (Wildman–Crippen LogP) is 6.05. The van der Waals surface area contributed by atoms with Gasteiger partial charge in [0.15, 0.2) is 0 Å². The van der Waals surface area contributed by atoms with E-state index in [2.05, 4.69) is 44.2 Å². The fourth-order valence-corrected chi connectivity index (χ4v) is 7.63. The predicted molar refractivity (Wildman–Crippen MR) is 251 cm³/mol. The third-order valence-corrected chi connectivity index (χ3v) is 11.0. The number of carbonyl (C=O) groups excluding carboxylic acids is 4. The molecule has 8 N–H and O–H groups in total. The van der Waals surface area contributed by atoms with Crippen LogP contribution in [-0.2, 0) is 41.9 Å². The summed E-state index contributed by atoms with van der Waals surface area (Å²) < 4.78 is 24.1. The number of hydrogen-bond donors (Lipinski definition) is 4. The van der Waals surface area contributed by atoms with Crippen LogP contribution >= 0.6 is 0 Å². The van der Waals surface area contributed by atoms with E-state index in [4.69, 9.17) is 18.9 Å². The molecule has 0 aliphatic heterocycles. The van der Waals surface area contributed by atoms with E-state index in [0.29, 0.717) is 48.6 Å². The fourth-order valence-electron chi connectivity index (χ4n) is 7.63. The molecule has 4 aromatic carbocycles. The Hall–Kier alpha value is -6.90. The van der Waals surface area contributed by atoms with Crippen LogP contribution in [0.5, 0.6) is 11.5 Å². The molecule has 0 spiro atoms. The molecule has 0 unspecified atom stereocenters. The number of hydrogen-bond acceptors (Lipinski definition) is 10. The highest BCUT2D eigenvalue weighted by molar-refractivity contribution is 6.09. The van der Waals surface area contributed by atoms with Crippen LogP contribution in [0, 0.1) is 0 Å². The number of esters is 2. The van der Waals surface area contributed by atoms with Crippen LogP contribution in [0.15, 0.2) is 122 Å². The number of carbonyl (C=O) groups is 4. The zero-order valence-corrected chi connectivity index (χ0v) is 37.6. The van der Waals surface area contributed by atoms with Gasteiger partial charge in [-0.3, -0.25) is 19.6 Å². The lowest BCUT2D eigenvalue weighted by Gasteiger charge is -2.20. The summed E-state index contributed by atoms with van der Waals surface area (Å²) in [4.78, 5) is 61.1. The first-order valence-corrected chi connectivity index (χ1v) is 22.9. The molecule has 0 fully saturated rings. The second kappa shape index (κ2) is 26.2. The zero-order valence-electron chi connectivity index (χ0n) is 37.6. The Bertz CT molecular complexity index is 2320. The monoisotopic (exact) mass is 898 g/mol. The Morgan fingerprint density at radius 2 is 0.924 bits per heavy atom. The third-order valence-electron chi connectivity index (χ3n) is 11.0. The molecule has 2 aromatic heterocycles. The van der Waals surface area contributed by atoms with Crippen molar-refractivity contribution in [3.63, 3.8) is 0 Å². The normalized spacial score (nSPS) is 12.0. The highest BCUT2D eigenvalue weighted by Crippen LogP contribution is 2.45. The summed E-state index contributed by atoms with van der Waals surface area (Å²) >= 11 is 0. The summed E-state index contributed by atoms with van der Waals surface area (Å²) in [5, 5.41) is 9.72. The maximum absolute atomic E-state index is 13.2. The van der Waals surface area contributed by atoms with Crippen LogP contribution in [-0.4, -0.2) is 72.1 Å². The summed E-state index contributed by atoms with van der Waals surface area (Å²) in [6, 6.07) is 33.3. The lowest BCUT2D eigenvalue weighted by Crippen LogP contribution is -2.50. The van der Waals surface area contributed by atoms with Gasteiger partial charge in [0.2, 0.25) is 11.8 Å². The lowest BCUT2D eigenvalue weighted by molar-refractivity contribution is -0.368. The number of rotatable bonds is 27. The Balaban J connectivity index is 1.11. The van der Waals surface area contributed by atoms with Crippen LogP contribution in [0.2, 0.25) is 0 Å². The molecule has 2 heterocycles. The first-order valence-electron chi connectivity index (χ1n) is 22.9. The van der Waals surface area contributed by atoms with E-state index in [1.54, 1.807) is 36.7 Å². The first kappa shape index (κ1) is 48.6. The standard InChI is InChI=1S/C52H60N6O8/c53-29-9-5-21-43(51(61)65-35-39-17-7-11-31-55-39)57-47(59)23-13-33-63-45-27-25-37-15-1-3-19-41(37)49(45)50-42-20-4-2-16-38(42)26-28-46(50)64-34-14-24-48(60)58-44(22-6-10-30-54)52(62)66-36-40-18-8-12-32-56-40/h1-4,7-8,11-12,15-20,25-28,31-32,43-44H,5-6,9-10,13-14,21-24,29-30,33-36,53-54H2,(H,57,59)(H,58,60)/p+2/t43-,44-/m1/s1. The fraction of sp³-hybridized carbons (Fsp3) is 0.346. The minimum absolute atomic E-state index is 0.0240. The number of benzene rings is 4. The average molecular weight is 899 g/mol. The van der Waals surface area contributed by atoms with Crippen molar-refractivity contribution < 1.29 is 49.6 Å². The van der Waals surface area contributed by atoms with E-state index >= 15 is 0 Å². The molecule has 0 saturated carbocycles. The number of pyridine rings is 2.